The van der Waals surface area contributed by atoms with Crippen LogP contribution in [0.4, 0.5) is 0 Å². The van der Waals surface area contributed by atoms with Crippen molar-refractivity contribution in [2.24, 2.45) is 0 Å². The molecule has 0 bridgehead atoms. The van der Waals surface area contributed by atoms with Gasteiger partial charge in [-0.05, 0) is 36.8 Å². The van der Waals surface area contributed by atoms with Crippen LogP contribution in [0, 0.1) is 0 Å². The number of aliphatic hydroxyl groups excluding tert-OH is 1. The molecule has 1 aliphatic heterocycles. The highest BCUT2D eigenvalue weighted by atomic mass is 16.2. The van der Waals surface area contributed by atoms with E-state index >= 15 is 0 Å². The van der Waals surface area contributed by atoms with Crippen LogP contribution in [-0.2, 0) is 11.1 Å². The molecule has 0 spiro atoms. The summed E-state index contributed by atoms with van der Waals surface area (Å²) in [5.74, 6) is 0. The molecule has 0 fully saturated rings. The molecule has 0 aliphatic carbocycles. The fraction of sp³-hybridized carbons (Fsp3) is 0.647. The van der Waals surface area contributed by atoms with Crippen LogP contribution in [0.1, 0.15) is 64.5 Å². The van der Waals surface area contributed by atoms with E-state index in [0.29, 0.717) is 0 Å². The number of aliphatic hydroxyl groups is 1. The van der Waals surface area contributed by atoms with Crippen molar-refractivity contribution in [2.75, 3.05) is 7.11 Å². The Morgan fingerprint density at radius 2 is 1.11 bits per heavy atom. The Balaban J connectivity index is 0.000000861. The second-order valence-electron chi connectivity index (χ2n) is 5.25. The van der Waals surface area contributed by atoms with Gasteiger partial charge in [-0.15, -0.1) is 0 Å². The first-order valence-corrected chi connectivity index (χ1v) is 7.52. The van der Waals surface area contributed by atoms with Crippen molar-refractivity contribution in [3.63, 3.8) is 0 Å². The molecule has 0 amide bonds. The Morgan fingerprint density at radius 1 is 0.789 bits per heavy atom. The third kappa shape index (κ3) is 2.44. The quantitative estimate of drug-likeness (QED) is 0.862. The minimum atomic E-state index is 0.197. The lowest BCUT2D eigenvalue weighted by molar-refractivity contribution is 0.217. The highest BCUT2D eigenvalue weighted by Gasteiger charge is 2.47. The van der Waals surface area contributed by atoms with Crippen LogP contribution in [0.2, 0.25) is 0 Å². The number of hydrogen-bond donors (Lipinski definition) is 2. The molecular formula is C17H29NO. The summed E-state index contributed by atoms with van der Waals surface area (Å²) < 4.78 is 0. The summed E-state index contributed by atoms with van der Waals surface area (Å²) in [5.41, 5.74) is 3.47. The van der Waals surface area contributed by atoms with Gasteiger partial charge < -0.3 is 5.11 Å². The summed E-state index contributed by atoms with van der Waals surface area (Å²) in [6.45, 7) is 9.20. The Morgan fingerprint density at radius 3 is 1.37 bits per heavy atom. The molecule has 1 aromatic rings. The van der Waals surface area contributed by atoms with Gasteiger partial charge in [0.2, 0.25) is 0 Å². The molecule has 2 heteroatoms. The summed E-state index contributed by atoms with van der Waals surface area (Å²) in [7, 11) is 1.00. The molecule has 1 aliphatic rings. The minimum Gasteiger partial charge on any atom is -0.400 e. The van der Waals surface area contributed by atoms with Gasteiger partial charge in [0.25, 0.3) is 0 Å². The molecule has 0 atom stereocenters. The highest BCUT2D eigenvalue weighted by molar-refractivity contribution is 5.44. The SMILES string of the molecule is CCC1(CC)NC(CC)(CC)c2ccccc21.CO. The van der Waals surface area contributed by atoms with Crippen molar-refractivity contribution in [3.8, 4) is 0 Å². The largest absolute Gasteiger partial charge is 0.400 e. The summed E-state index contributed by atoms with van der Waals surface area (Å²) in [5, 5.41) is 11.0. The van der Waals surface area contributed by atoms with E-state index in [1.165, 1.54) is 36.8 Å². The van der Waals surface area contributed by atoms with Crippen molar-refractivity contribution in [2.45, 2.75) is 64.5 Å². The average Bonchev–Trinajstić information content (AvgIpc) is 2.81. The first-order chi connectivity index (χ1) is 9.18. The average molecular weight is 263 g/mol. The zero-order valence-corrected chi connectivity index (χ0v) is 13.1. The maximum absolute atomic E-state index is 7.00. The van der Waals surface area contributed by atoms with Gasteiger partial charge in [0.05, 0.1) is 0 Å². The van der Waals surface area contributed by atoms with Gasteiger partial charge in [0, 0.05) is 18.2 Å². The molecule has 0 aromatic heterocycles. The van der Waals surface area contributed by atoms with Gasteiger partial charge >= 0.3 is 0 Å². The molecule has 108 valence electrons. The van der Waals surface area contributed by atoms with Crippen molar-refractivity contribution in [1.29, 1.82) is 0 Å². The molecular weight excluding hydrogens is 234 g/mol. The van der Waals surface area contributed by atoms with E-state index in [-0.39, 0.29) is 11.1 Å². The number of rotatable bonds is 4. The number of fused-ring (bicyclic) bond motifs is 1. The van der Waals surface area contributed by atoms with E-state index in [2.05, 4.69) is 57.3 Å². The van der Waals surface area contributed by atoms with Gasteiger partial charge in [-0.2, -0.15) is 0 Å². The zero-order chi connectivity index (χ0) is 14.5. The number of benzene rings is 1. The van der Waals surface area contributed by atoms with Crippen LogP contribution in [0.15, 0.2) is 24.3 Å². The van der Waals surface area contributed by atoms with Crippen LogP contribution in [0.5, 0.6) is 0 Å². The molecule has 0 saturated heterocycles. The lowest BCUT2D eigenvalue weighted by Gasteiger charge is -2.35. The molecule has 0 saturated carbocycles. The topological polar surface area (TPSA) is 32.3 Å². The van der Waals surface area contributed by atoms with E-state index in [1.807, 2.05) is 0 Å². The van der Waals surface area contributed by atoms with Crippen LogP contribution in [-0.4, -0.2) is 12.2 Å². The summed E-state index contributed by atoms with van der Waals surface area (Å²) in [6, 6.07) is 9.01. The van der Waals surface area contributed by atoms with E-state index < -0.39 is 0 Å². The lowest BCUT2D eigenvalue weighted by Crippen LogP contribution is -2.46. The summed E-state index contributed by atoms with van der Waals surface area (Å²) in [6.07, 6.45) is 4.68. The third-order valence-electron chi connectivity index (χ3n) is 4.85. The van der Waals surface area contributed by atoms with Gasteiger partial charge in [-0.25, -0.2) is 0 Å². The molecule has 2 nitrogen and oxygen atoms in total. The Labute approximate surface area is 118 Å². The monoisotopic (exact) mass is 263 g/mol. The summed E-state index contributed by atoms with van der Waals surface area (Å²) in [4.78, 5) is 0. The second kappa shape index (κ2) is 6.53. The van der Waals surface area contributed by atoms with Crippen molar-refractivity contribution >= 4 is 0 Å². The van der Waals surface area contributed by atoms with Crippen molar-refractivity contribution in [1.82, 2.24) is 5.32 Å². The Bertz CT molecular complexity index is 355. The number of hydrogen-bond acceptors (Lipinski definition) is 2. The molecule has 2 rings (SSSR count). The molecule has 0 radical (unpaired) electrons. The van der Waals surface area contributed by atoms with Gasteiger partial charge in [-0.1, -0.05) is 52.0 Å². The van der Waals surface area contributed by atoms with Crippen LogP contribution in [0.3, 0.4) is 0 Å². The first kappa shape index (κ1) is 16.2. The smallest absolute Gasteiger partial charge is 0.0439 e. The lowest BCUT2D eigenvalue weighted by atomic mass is 9.83. The fourth-order valence-electron chi connectivity index (χ4n) is 3.53. The predicted octanol–water partition coefficient (Wildman–Crippen LogP) is 3.93. The molecule has 1 heterocycles. The maximum Gasteiger partial charge on any atom is 0.0439 e. The van der Waals surface area contributed by atoms with Gasteiger partial charge in [-0.3, -0.25) is 5.32 Å². The van der Waals surface area contributed by atoms with Crippen molar-refractivity contribution < 1.29 is 5.11 Å². The normalized spacial score (nSPS) is 18.4. The second-order valence-corrected chi connectivity index (χ2v) is 5.25. The third-order valence-corrected chi connectivity index (χ3v) is 4.85. The minimum absolute atomic E-state index is 0.197. The van der Waals surface area contributed by atoms with E-state index in [0.717, 1.165) is 7.11 Å². The van der Waals surface area contributed by atoms with Crippen molar-refractivity contribution in [3.05, 3.63) is 35.4 Å². The predicted molar refractivity (Wildman–Crippen MR) is 82.2 cm³/mol. The Kier molecular flexibility index (Phi) is 5.57. The van der Waals surface area contributed by atoms with E-state index in [9.17, 15) is 0 Å². The maximum atomic E-state index is 7.00. The van der Waals surface area contributed by atoms with Crippen LogP contribution in [0.25, 0.3) is 0 Å². The Hall–Kier alpha value is -0.860. The van der Waals surface area contributed by atoms with E-state index in [1.54, 1.807) is 0 Å². The van der Waals surface area contributed by atoms with Crippen LogP contribution < -0.4 is 5.32 Å². The summed E-state index contributed by atoms with van der Waals surface area (Å²) >= 11 is 0. The standard InChI is InChI=1S/C16H25N.CH4O/c1-5-15(6-2)13-11-9-10-12-14(13)16(7-3,8-4)17-15;1-2/h9-12,17H,5-8H2,1-4H3;2H,1H3. The first-order valence-electron chi connectivity index (χ1n) is 7.52. The molecule has 1 aromatic carbocycles. The van der Waals surface area contributed by atoms with Gasteiger partial charge in [0.15, 0.2) is 0 Å². The zero-order valence-electron chi connectivity index (χ0n) is 13.1. The number of nitrogens with one attached hydrogen (secondary N) is 1. The molecule has 0 unspecified atom stereocenters. The van der Waals surface area contributed by atoms with E-state index in [4.69, 9.17) is 5.11 Å². The molecule has 19 heavy (non-hydrogen) atoms. The molecule has 2 N–H and O–H groups in total. The highest BCUT2D eigenvalue weighted by Crippen LogP contribution is 2.47. The van der Waals surface area contributed by atoms with Gasteiger partial charge in [0.1, 0.15) is 0 Å². The van der Waals surface area contributed by atoms with Crippen LogP contribution >= 0.6 is 0 Å². The fourth-order valence-corrected chi connectivity index (χ4v) is 3.53.